The number of esters is 1. The largest absolute Gasteiger partial charge is 0.452 e. The lowest BCUT2D eigenvalue weighted by atomic mass is 9.76. The number of carbonyl (C=O) groups is 5. The van der Waals surface area contributed by atoms with Crippen molar-refractivity contribution in [2.45, 2.75) is 26.2 Å². The van der Waals surface area contributed by atoms with Crippen LogP contribution in [-0.4, -0.2) is 36.2 Å². The quantitative estimate of drug-likeness (QED) is 0.398. The highest BCUT2D eigenvalue weighted by molar-refractivity contribution is 6.22. The fourth-order valence-electron chi connectivity index (χ4n) is 4.43. The van der Waals surface area contributed by atoms with Crippen LogP contribution in [0.5, 0.6) is 0 Å². The van der Waals surface area contributed by atoms with Crippen LogP contribution in [0.25, 0.3) is 0 Å². The number of imide groups is 1. The van der Waals surface area contributed by atoms with Gasteiger partial charge < -0.3 is 4.74 Å². The number of anilines is 1. The van der Waals surface area contributed by atoms with Crippen molar-refractivity contribution in [2.24, 2.45) is 17.8 Å². The minimum Gasteiger partial charge on any atom is -0.452 e. The highest BCUT2D eigenvalue weighted by atomic mass is 16.5. The van der Waals surface area contributed by atoms with Crippen LogP contribution in [0, 0.1) is 17.8 Å². The molecule has 0 bridgehead atoms. The van der Waals surface area contributed by atoms with Crippen molar-refractivity contribution in [3.63, 3.8) is 0 Å². The van der Waals surface area contributed by atoms with E-state index in [0.29, 0.717) is 30.0 Å². The van der Waals surface area contributed by atoms with Crippen molar-refractivity contribution < 1.29 is 28.7 Å². The number of hydrogen-bond acceptors (Lipinski definition) is 6. The molecule has 9 nitrogen and oxygen atoms in total. The van der Waals surface area contributed by atoms with Gasteiger partial charge in [0.05, 0.1) is 23.1 Å². The summed E-state index contributed by atoms with van der Waals surface area (Å²) in [4.78, 5) is 62.9. The average molecular weight is 463 g/mol. The number of rotatable bonds is 5. The molecule has 176 valence electrons. The summed E-state index contributed by atoms with van der Waals surface area (Å²) >= 11 is 0. The number of benzene rings is 2. The zero-order valence-corrected chi connectivity index (χ0v) is 18.7. The monoisotopic (exact) mass is 463 g/mol. The zero-order chi connectivity index (χ0) is 24.2. The first-order valence-corrected chi connectivity index (χ1v) is 11.1. The van der Waals surface area contributed by atoms with Crippen LogP contribution in [0.15, 0.2) is 54.6 Å². The van der Waals surface area contributed by atoms with Gasteiger partial charge in [0.2, 0.25) is 11.8 Å². The number of fused-ring (bicyclic) bond motifs is 1. The molecule has 9 heteroatoms. The number of amides is 4. The molecule has 0 aromatic heterocycles. The molecule has 1 saturated carbocycles. The zero-order valence-electron chi connectivity index (χ0n) is 18.7. The molecule has 34 heavy (non-hydrogen) atoms. The van der Waals surface area contributed by atoms with Crippen LogP contribution < -0.4 is 15.8 Å². The summed E-state index contributed by atoms with van der Waals surface area (Å²) < 4.78 is 4.97. The van der Waals surface area contributed by atoms with E-state index < -0.39 is 24.4 Å². The Balaban J connectivity index is 1.29. The Morgan fingerprint density at radius 3 is 2.26 bits per heavy atom. The molecular formula is C25H25N3O6. The van der Waals surface area contributed by atoms with E-state index in [0.717, 1.165) is 6.42 Å². The molecule has 1 saturated heterocycles. The van der Waals surface area contributed by atoms with Gasteiger partial charge in [0.25, 0.3) is 11.8 Å². The standard InChI is InChI=1S/C25H25N3O6/c1-15-7-12-19-20(13-15)24(32)28(23(19)31)18-10-8-17(9-11-18)25(33)34-14-21(29)26-27-22(30)16-5-3-2-4-6-16/h2-6,8-11,15,19-20H,7,12-14H2,1H3,(H,26,29)(H,27,30)/t15-,19+,20-/m1/s1. The van der Waals surface area contributed by atoms with E-state index in [4.69, 9.17) is 4.74 Å². The summed E-state index contributed by atoms with van der Waals surface area (Å²) in [6, 6.07) is 14.2. The molecule has 2 N–H and O–H groups in total. The Morgan fingerprint density at radius 1 is 0.882 bits per heavy atom. The average Bonchev–Trinajstić information content (AvgIpc) is 3.10. The molecule has 3 atom stereocenters. The van der Waals surface area contributed by atoms with Crippen LogP contribution >= 0.6 is 0 Å². The maximum atomic E-state index is 12.8. The van der Waals surface area contributed by atoms with Gasteiger partial charge in [-0.2, -0.15) is 0 Å². The van der Waals surface area contributed by atoms with Crippen molar-refractivity contribution >= 4 is 35.3 Å². The Morgan fingerprint density at radius 2 is 1.56 bits per heavy atom. The third-order valence-electron chi connectivity index (χ3n) is 6.23. The molecule has 1 aliphatic heterocycles. The predicted octanol–water partition coefficient (Wildman–Crippen LogP) is 2.23. The van der Waals surface area contributed by atoms with Crippen molar-refractivity contribution in [3.8, 4) is 0 Å². The Hall–Kier alpha value is -4.01. The first-order valence-electron chi connectivity index (χ1n) is 11.1. The molecule has 2 fully saturated rings. The maximum Gasteiger partial charge on any atom is 0.338 e. The second kappa shape index (κ2) is 9.86. The van der Waals surface area contributed by atoms with E-state index >= 15 is 0 Å². The molecule has 0 radical (unpaired) electrons. The highest BCUT2D eigenvalue weighted by Crippen LogP contribution is 2.42. The third kappa shape index (κ3) is 4.83. The summed E-state index contributed by atoms with van der Waals surface area (Å²) in [5, 5.41) is 0. The topological polar surface area (TPSA) is 122 Å². The van der Waals surface area contributed by atoms with Crippen molar-refractivity contribution in [1.82, 2.24) is 10.9 Å². The Bertz CT molecular complexity index is 1120. The van der Waals surface area contributed by atoms with Gasteiger partial charge in [-0.25, -0.2) is 4.79 Å². The SMILES string of the molecule is C[C@@H]1CC[C@@H]2C(=O)N(c3ccc(C(=O)OCC(=O)NNC(=O)c4ccccc4)cc3)C(=O)[C@@H]2C1. The fraction of sp³-hybridized carbons (Fsp3) is 0.320. The van der Waals surface area contributed by atoms with Gasteiger partial charge >= 0.3 is 5.97 Å². The van der Waals surface area contributed by atoms with Gasteiger partial charge in [-0.3, -0.25) is 34.9 Å². The molecule has 4 amide bonds. The molecule has 2 aliphatic rings. The number of nitrogens with one attached hydrogen (secondary N) is 2. The van der Waals surface area contributed by atoms with Crippen LogP contribution in [0.1, 0.15) is 46.9 Å². The van der Waals surface area contributed by atoms with E-state index in [9.17, 15) is 24.0 Å². The number of hydrogen-bond donors (Lipinski definition) is 2. The van der Waals surface area contributed by atoms with Crippen molar-refractivity contribution in [1.29, 1.82) is 0 Å². The summed E-state index contributed by atoms with van der Waals surface area (Å²) in [5.74, 6) is -2.47. The van der Waals surface area contributed by atoms with E-state index in [-0.39, 0.29) is 29.2 Å². The first kappa shape index (κ1) is 23.2. The highest BCUT2D eigenvalue weighted by Gasteiger charge is 2.49. The van der Waals surface area contributed by atoms with Crippen LogP contribution in [0.2, 0.25) is 0 Å². The molecule has 4 rings (SSSR count). The number of nitrogens with zero attached hydrogens (tertiary/aromatic N) is 1. The molecule has 2 aromatic rings. The fourth-order valence-corrected chi connectivity index (χ4v) is 4.43. The summed E-state index contributed by atoms with van der Waals surface area (Å²) in [7, 11) is 0. The van der Waals surface area contributed by atoms with Crippen LogP contribution in [0.4, 0.5) is 5.69 Å². The maximum absolute atomic E-state index is 12.8. The minimum absolute atomic E-state index is 0.162. The summed E-state index contributed by atoms with van der Waals surface area (Å²) in [5.41, 5.74) is 5.35. The van der Waals surface area contributed by atoms with E-state index in [1.165, 1.54) is 29.2 Å². The number of hydrazine groups is 1. The minimum atomic E-state index is -0.752. The summed E-state index contributed by atoms with van der Waals surface area (Å²) in [6.07, 6.45) is 2.36. The lowest BCUT2D eigenvalue weighted by molar-refractivity contribution is -0.125. The third-order valence-corrected chi connectivity index (χ3v) is 6.23. The number of ether oxygens (including phenoxy) is 1. The van der Waals surface area contributed by atoms with E-state index in [1.807, 2.05) is 0 Å². The van der Waals surface area contributed by atoms with Gasteiger partial charge in [-0.05, 0) is 61.6 Å². The first-order chi connectivity index (χ1) is 16.3. The lowest BCUT2D eigenvalue weighted by Crippen LogP contribution is -2.43. The summed E-state index contributed by atoms with van der Waals surface area (Å²) in [6.45, 7) is 1.49. The van der Waals surface area contributed by atoms with E-state index in [1.54, 1.807) is 30.3 Å². The molecule has 2 aromatic carbocycles. The molecular weight excluding hydrogens is 438 g/mol. The smallest absolute Gasteiger partial charge is 0.338 e. The van der Waals surface area contributed by atoms with Gasteiger partial charge in [-0.15, -0.1) is 0 Å². The molecule has 1 aliphatic carbocycles. The van der Waals surface area contributed by atoms with Gasteiger partial charge in [-0.1, -0.05) is 25.1 Å². The lowest BCUT2D eigenvalue weighted by Gasteiger charge is -2.25. The normalized spacial score (nSPS) is 21.6. The second-order valence-corrected chi connectivity index (χ2v) is 8.63. The molecule has 1 heterocycles. The second-order valence-electron chi connectivity index (χ2n) is 8.63. The number of carbonyl (C=O) groups excluding carboxylic acids is 5. The van der Waals surface area contributed by atoms with Gasteiger partial charge in [0.1, 0.15) is 0 Å². The predicted molar refractivity (Wildman–Crippen MR) is 121 cm³/mol. The molecule has 0 spiro atoms. The Kier molecular flexibility index (Phi) is 6.72. The van der Waals surface area contributed by atoms with Crippen LogP contribution in [0.3, 0.4) is 0 Å². The van der Waals surface area contributed by atoms with Crippen LogP contribution in [-0.2, 0) is 19.1 Å². The van der Waals surface area contributed by atoms with Gasteiger partial charge in [0.15, 0.2) is 6.61 Å². The van der Waals surface area contributed by atoms with Crippen molar-refractivity contribution in [3.05, 3.63) is 65.7 Å². The Labute approximate surface area is 196 Å². The van der Waals surface area contributed by atoms with E-state index in [2.05, 4.69) is 17.8 Å². The van der Waals surface area contributed by atoms with Crippen molar-refractivity contribution in [2.75, 3.05) is 11.5 Å². The van der Waals surface area contributed by atoms with Gasteiger partial charge in [0, 0.05) is 5.56 Å². The molecule has 0 unspecified atom stereocenters.